The summed E-state index contributed by atoms with van der Waals surface area (Å²) in [5.74, 6) is -1.56. The summed E-state index contributed by atoms with van der Waals surface area (Å²) in [6.07, 6.45) is 3.50. The summed E-state index contributed by atoms with van der Waals surface area (Å²) in [4.78, 5) is 16.4. The molecule has 2 heterocycles. The van der Waals surface area contributed by atoms with Crippen LogP contribution in [0.15, 0.2) is 47.6 Å². The molecule has 0 aliphatic carbocycles. The van der Waals surface area contributed by atoms with Gasteiger partial charge in [-0.05, 0) is 24.3 Å². The molecule has 0 unspecified atom stereocenters. The van der Waals surface area contributed by atoms with Crippen LogP contribution in [0.5, 0.6) is 0 Å². The second kappa shape index (κ2) is 7.19. The van der Waals surface area contributed by atoms with E-state index in [4.69, 9.17) is 11.6 Å². The number of carbonyl (C=O) groups excluding carboxylic acids is 1. The van der Waals surface area contributed by atoms with E-state index in [-0.39, 0.29) is 23.1 Å². The molecule has 0 aliphatic rings. The van der Waals surface area contributed by atoms with Crippen molar-refractivity contribution >= 4 is 34.9 Å². The van der Waals surface area contributed by atoms with Crippen molar-refractivity contribution in [2.75, 3.05) is 5.75 Å². The van der Waals surface area contributed by atoms with E-state index in [2.05, 4.69) is 10.3 Å². The van der Waals surface area contributed by atoms with Gasteiger partial charge in [0.25, 0.3) is 0 Å². The number of nitrogens with one attached hydrogen (secondary N) is 1. The molecular weight excluding hydrogens is 356 g/mol. The Morgan fingerprint density at radius 2 is 2.08 bits per heavy atom. The molecule has 24 heavy (non-hydrogen) atoms. The third-order valence-electron chi connectivity index (χ3n) is 3.18. The third-order valence-corrected chi connectivity index (χ3v) is 4.46. The van der Waals surface area contributed by atoms with Crippen LogP contribution in [0.3, 0.4) is 0 Å². The lowest BCUT2D eigenvalue weighted by molar-refractivity contribution is -0.118. The van der Waals surface area contributed by atoms with Gasteiger partial charge in [0, 0.05) is 23.4 Å². The van der Waals surface area contributed by atoms with Crippen LogP contribution in [0.25, 0.3) is 5.65 Å². The standard InChI is InChI=1S/C16H12ClF2N3OS/c17-10-1-4-15-21-12(8-22(15)7-10)6-20-16(23)9-24-14-3-2-11(18)5-13(14)19/h1-5,7-8H,6,9H2,(H,20,23). The number of amides is 1. The minimum Gasteiger partial charge on any atom is -0.350 e. The van der Waals surface area contributed by atoms with E-state index in [0.29, 0.717) is 10.7 Å². The first kappa shape index (κ1) is 16.7. The molecule has 0 radical (unpaired) electrons. The molecule has 4 nitrogen and oxygen atoms in total. The van der Waals surface area contributed by atoms with Gasteiger partial charge in [0.05, 0.1) is 23.0 Å². The second-order valence-corrected chi connectivity index (χ2v) is 6.44. The van der Waals surface area contributed by atoms with E-state index < -0.39 is 11.6 Å². The van der Waals surface area contributed by atoms with Gasteiger partial charge in [-0.15, -0.1) is 11.8 Å². The van der Waals surface area contributed by atoms with Crippen molar-refractivity contribution in [1.82, 2.24) is 14.7 Å². The first-order valence-corrected chi connectivity index (χ1v) is 8.35. The van der Waals surface area contributed by atoms with Crippen LogP contribution >= 0.6 is 23.4 Å². The van der Waals surface area contributed by atoms with E-state index in [0.717, 1.165) is 29.5 Å². The van der Waals surface area contributed by atoms with E-state index in [1.807, 2.05) is 0 Å². The van der Waals surface area contributed by atoms with Gasteiger partial charge in [0.1, 0.15) is 17.3 Å². The average molecular weight is 368 g/mol. The highest BCUT2D eigenvalue weighted by Gasteiger charge is 2.09. The Balaban J connectivity index is 1.54. The molecule has 0 bridgehead atoms. The predicted molar refractivity (Wildman–Crippen MR) is 89.1 cm³/mol. The maximum absolute atomic E-state index is 13.5. The Hall–Kier alpha value is -2.12. The number of hydrogen-bond acceptors (Lipinski definition) is 3. The van der Waals surface area contributed by atoms with Gasteiger partial charge in [-0.3, -0.25) is 4.79 Å². The van der Waals surface area contributed by atoms with Crippen molar-refractivity contribution in [3.63, 3.8) is 0 Å². The molecule has 2 aromatic heterocycles. The van der Waals surface area contributed by atoms with Gasteiger partial charge in [-0.25, -0.2) is 13.8 Å². The fraction of sp³-hybridized carbons (Fsp3) is 0.125. The number of imidazole rings is 1. The van der Waals surface area contributed by atoms with Crippen molar-refractivity contribution in [1.29, 1.82) is 0 Å². The summed E-state index contributed by atoms with van der Waals surface area (Å²) in [6, 6.07) is 6.78. The molecule has 0 fully saturated rings. The zero-order valence-electron chi connectivity index (χ0n) is 12.3. The maximum Gasteiger partial charge on any atom is 0.230 e. The van der Waals surface area contributed by atoms with E-state index >= 15 is 0 Å². The lowest BCUT2D eigenvalue weighted by Gasteiger charge is -2.04. The number of hydrogen-bond donors (Lipinski definition) is 1. The molecule has 3 aromatic rings. The first-order valence-electron chi connectivity index (χ1n) is 6.99. The summed E-state index contributed by atoms with van der Waals surface area (Å²) < 4.78 is 28.1. The monoisotopic (exact) mass is 367 g/mol. The number of nitrogens with zero attached hydrogens (tertiary/aromatic N) is 2. The molecule has 1 N–H and O–H groups in total. The summed E-state index contributed by atoms with van der Waals surface area (Å²) >= 11 is 6.91. The Kier molecular flexibility index (Phi) is 5.01. The van der Waals surface area contributed by atoms with Crippen LogP contribution < -0.4 is 5.32 Å². The highest BCUT2D eigenvalue weighted by molar-refractivity contribution is 8.00. The summed E-state index contributed by atoms with van der Waals surface area (Å²) in [5, 5.41) is 3.30. The number of thioether (sulfide) groups is 1. The van der Waals surface area contributed by atoms with E-state index in [1.54, 1.807) is 28.9 Å². The van der Waals surface area contributed by atoms with Crippen molar-refractivity contribution < 1.29 is 13.6 Å². The van der Waals surface area contributed by atoms with Crippen molar-refractivity contribution in [2.24, 2.45) is 0 Å². The fourth-order valence-electron chi connectivity index (χ4n) is 2.08. The lowest BCUT2D eigenvalue weighted by Crippen LogP contribution is -2.24. The van der Waals surface area contributed by atoms with Gasteiger partial charge >= 0.3 is 0 Å². The Morgan fingerprint density at radius 1 is 1.25 bits per heavy atom. The average Bonchev–Trinajstić information content (AvgIpc) is 2.94. The summed E-state index contributed by atoms with van der Waals surface area (Å²) in [7, 11) is 0. The summed E-state index contributed by atoms with van der Waals surface area (Å²) in [6.45, 7) is 0.255. The Bertz CT molecular complexity index is 900. The van der Waals surface area contributed by atoms with Crippen molar-refractivity contribution in [2.45, 2.75) is 11.4 Å². The number of benzene rings is 1. The lowest BCUT2D eigenvalue weighted by atomic mass is 10.3. The molecule has 1 aromatic carbocycles. The number of fused-ring (bicyclic) bond motifs is 1. The van der Waals surface area contributed by atoms with Gasteiger partial charge in [0.15, 0.2) is 0 Å². The van der Waals surface area contributed by atoms with Crippen LogP contribution in [0.2, 0.25) is 5.02 Å². The largest absolute Gasteiger partial charge is 0.350 e. The van der Waals surface area contributed by atoms with Crippen molar-refractivity contribution in [3.8, 4) is 0 Å². The highest BCUT2D eigenvalue weighted by atomic mass is 35.5. The number of pyridine rings is 1. The maximum atomic E-state index is 13.5. The SMILES string of the molecule is O=C(CSc1ccc(F)cc1F)NCc1cn2cc(Cl)ccc2n1. The van der Waals surface area contributed by atoms with Gasteiger partial charge in [0.2, 0.25) is 5.91 Å². The minimum absolute atomic E-state index is 0.0295. The molecule has 8 heteroatoms. The van der Waals surface area contributed by atoms with Crippen molar-refractivity contribution in [3.05, 3.63) is 65.1 Å². The molecule has 3 rings (SSSR count). The number of halogens is 3. The molecule has 0 saturated heterocycles. The van der Waals surface area contributed by atoms with Crippen LogP contribution in [-0.4, -0.2) is 21.0 Å². The van der Waals surface area contributed by atoms with Crippen LogP contribution in [0.1, 0.15) is 5.69 Å². The van der Waals surface area contributed by atoms with Crippen LogP contribution in [-0.2, 0) is 11.3 Å². The van der Waals surface area contributed by atoms with E-state index in [1.165, 1.54) is 6.07 Å². The van der Waals surface area contributed by atoms with E-state index in [9.17, 15) is 13.6 Å². The quantitative estimate of drug-likeness (QED) is 0.700. The molecular formula is C16H12ClF2N3OS. The highest BCUT2D eigenvalue weighted by Crippen LogP contribution is 2.22. The topological polar surface area (TPSA) is 46.4 Å². The molecule has 0 atom stereocenters. The third kappa shape index (κ3) is 4.04. The molecule has 0 aliphatic heterocycles. The van der Waals surface area contributed by atoms with Gasteiger partial charge in [-0.1, -0.05) is 11.6 Å². The predicted octanol–water partition coefficient (Wildman–Crippen LogP) is 3.67. The first-order chi connectivity index (χ1) is 11.5. The number of carbonyl (C=O) groups is 1. The van der Waals surface area contributed by atoms with Crippen LogP contribution in [0.4, 0.5) is 8.78 Å². The van der Waals surface area contributed by atoms with Crippen LogP contribution in [0, 0.1) is 11.6 Å². The fourth-order valence-corrected chi connectivity index (χ4v) is 3.00. The number of rotatable bonds is 5. The Labute approximate surface area is 145 Å². The zero-order valence-corrected chi connectivity index (χ0v) is 13.9. The minimum atomic E-state index is -0.676. The molecule has 0 spiro atoms. The Morgan fingerprint density at radius 3 is 2.88 bits per heavy atom. The number of aromatic nitrogens is 2. The molecule has 124 valence electrons. The zero-order chi connectivity index (χ0) is 17.1. The second-order valence-electron chi connectivity index (χ2n) is 4.99. The van der Waals surface area contributed by atoms with Gasteiger partial charge in [-0.2, -0.15) is 0 Å². The normalized spacial score (nSPS) is 11.0. The smallest absolute Gasteiger partial charge is 0.230 e. The molecule has 1 amide bonds. The van der Waals surface area contributed by atoms with Gasteiger partial charge < -0.3 is 9.72 Å². The summed E-state index contributed by atoms with van der Waals surface area (Å²) in [5.41, 5.74) is 1.41. The molecule has 0 saturated carbocycles.